The molecule has 0 spiro atoms. The molecule has 0 aliphatic carbocycles. The van der Waals surface area contributed by atoms with Gasteiger partial charge >= 0.3 is 0 Å². The summed E-state index contributed by atoms with van der Waals surface area (Å²) in [4.78, 5) is 18.6. The molecule has 0 N–H and O–H groups in total. The molecule has 4 rings (SSSR count). The van der Waals surface area contributed by atoms with Gasteiger partial charge in [-0.15, -0.1) is 0 Å². The molecule has 1 amide bonds. The van der Waals surface area contributed by atoms with Crippen molar-refractivity contribution >= 4 is 5.91 Å². The Kier molecular flexibility index (Phi) is 5.41. The number of benzene rings is 1. The lowest BCUT2D eigenvalue weighted by Gasteiger charge is -2.32. The van der Waals surface area contributed by atoms with E-state index in [9.17, 15) is 9.18 Å². The Morgan fingerprint density at radius 1 is 1.25 bits per heavy atom. The minimum Gasteiger partial charge on any atom is -0.493 e. The van der Waals surface area contributed by atoms with E-state index in [4.69, 9.17) is 9.15 Å². The van der Waals surface area contributed by atoms with Gasteiger partial charge in [-0.3, -0.25) is 4.79 Å². The third-order valence-electron chi connectivity index (χ3n) is 4.88. The van der Waals surface area contributed by atoms with Crippen molar-refractivity contribution in [3.8, 4) is 5.75 Å². The number of aromatic nitrogens is 2. The Balaban J connectivity index is 1.32. The van der Waals surface area contributed by atoms with Crippen molar-refractivity contribution in [1.29, 1.82) is 0 Å². The van der Waals surface area contributed by atoms with E-state index < -0.39 is 0 Å². The number of likely N-dealkylation sites (tertiary alicyclic amines) is 1. The summed E-state index contributed by atoms with van der Waals surface area (Å²) in [5.41, 5.74) is 0. The van der Waals surface area contributed by atoms with Crippen molar-refractivity contribution in [1.82, 2.24) is 14.5 Å². The van der Waals surface area contributed by atoms with Crippen molar-refractivity contribution in [3.63, 3.8) is 0 Å². The van der Waals surface area contributed by atoms with Gasteiger partial charge < -0.3 is 18.6 Å². The summed E-state index contributed by atoms with van der Waals surface area (Å²) in [5, 5.41) is 0. The summed E-state index contributed by atoms with van der Waals surface area (Å²) in [6.45, 7) is 2.38. The van der Waals surface area contributed by atoms with E-state index in [1.807, 2.05) is 21.7 Å². The van der Waals surface area contributed by atoms with Crippen LogP contribution in [-0.4, -0.2) is 40.1 Å². The van der Waals surface area contributed by atoms with Gasteiger partial charge in [0, 0.05) is 31.4 Å². The quantitative estimate of drug-likeness (QED) is 0.653. The first kappa shape index (κ1) is 18.3. The van der Waals surface area contributed by atoms with Gasteiger partial charge in [-0.2, -0.15) is 0 Å². The van der Waals surface area contributed by atoms with Crippen LogP contribution < -0.4 is 4.74 Å². The van der Waals surface area contributed by atoms with Crippen LogP contribution in [0.25, 0.3) is 0 Å². The lowest BCUT2D eigenvalue weighted by Crippen LogP contribution is -2.41. The number of amides is 1. The van der Waals surface area contributed by atoms with E-state index in [-0.39, 0.29) is 17.6 Å². The van der Waals surface area contributed by atoms with Crippen LogP contribution in [0.2, 0.25) is 0 Å². The summed E-state index contributed by atoms with van der Waals surface area (Å²) in [7, 11) is 0. The molecule has 0 bridgehead atoms. The Hall–Kier alpha value is -3.09. The van der Waals surface area contributed by atoms with Crippen LogP contribution in [0.4, 0.5) is 4.39 Å². The zero-order valence-electron chi connectivity index (χ0n) is 15.5. The summed E-state index contributed by atoms with van der Waals surface area (Å²) in [6, 6.07) is 9.55. The monoisotopic (exact) mass is 383 g/mol. The van der Waals surface area contributed by atoms with Gasteiger partial charge in [0.2, 0.25) is 0 Å². The van der Waals surface area contributed by atoms with Crippen molar-refractivity contribution in [2.75, 3.05) is 19.7 Å². The third-order valence-corrected chi connectivity index (χ3v) is 4.88. The molecule has 3 heterocycles. The molecule has 146 valence electrons. The minimum atomic E-state index is -0.285. The first-order valence-electron chi connectivity index (χ1n) is 9.39. The molecule has 3 aromatic rings. The number of hydrogen-bond acceptors (Lipinski definition) is 4. The Morgan fingerprint density at radius 3 is 2.89 bits per heavy atom. The molecular formula is C21H22FN3O3. The molecule has 1 aliphatic heterocycles. The zero-order chi connectivity index (χ0) is 19.3. The summed E-state index contributed by atoms with van der Waals surface area (Å²) >= 11 is 0. The van der Waals surface area contributed by atoms with E-state index in [0.717, 1.165) is 18.6 Å². The molecule has 0 saturated carbocycles. The van der Waals surface area contributed by atoms with E-state index in [1.54, 1.807) is 30.7 Å². The van der Waals surface area contributed by atoms with Gasteiger partial charge in [-0.05, 0) is 49.2 Å². The average molecular weight is 383 g/mol. The Labute approximate surface area is 162 Å². The van der Waals surface area contributed by atoms with Crippen molar-refractivity contribution < 1.29 is 18.3 Å². The highest BCUT2D eigenvalue weighted by Gasteiger charge is 2.26. The van der Waals surface area contributed by atoms with Crippen LogP contribution in [0.3, 0.4) is 0 Å². The molecule has 0 radical (unpaired) electrons. The smallest absolute Gasteiger partial charge is 0.289 e. The summed E-state index contributed by atoms with van der Waals surface area (Å²) in [5.74, 6) is 1.57. The van der Waals surface area contributed by atoms with Crippen LogP contribution in [0.1, 0.15) is 29.2 Å². The summed E-state index contributed by atoms with van der Waals surface area (Å²) in [6.07, 6.45) is 7.18. The molecule has 1 aliphatic rings. The largest absolute Gasteiger partial charge is 0.493 e. The minimum absolute atomic E-state index is 0.0941. The van der Waals surface area contributed by atoms with Gasteiger partial charge in [-0.1, -0.05) is 0 Å². The van der Waals surface area contributed by atoms with Crippen LogP contribution in [0.5, 0.6) is 5.75 Å². The normalized spacial score (nSPS) is 16.9. The molecule has 2 aromatic heterocycles. The predicted molar refractivity (Wildman–Crippen MR) is 101 cm³/mol. The van der Waals surface area contributed by atoms with Crippen LogP contribution in [-0.2, 0) is 6.54 Å². The Morgan fingerprint density at radius 2 is 2.11 bits per heavy atom. The molecule has 7 heteroatoms. The molecule has 1 atom stereocenters. The van der Waals surface area contributed by atoms with E-state index in [1.165, 1.54) is 12.1 Å². The predicted octanol–water partition coefficient (Wildman–Crippen LogP) is 3.59. The van der Waals surface area contributed by atoms with Crippen molar-refractivity contribution in [3.05, 3.63) is 72.5 Å². The number of carbonyl (C=O) groups is 1. The molecule has 1 unspecified atom stereocenters. The first-order chi connectivity index (χ1) is 13.7. The maximum atomic E-state index is 13.0. The number of piperidine rings is 1. The fourth-order valence-electron chi connectivity index (χ4n) is 3.42. The van der Waals surface area contributed by atoms with Gasteiger partial charge in [-0.25, -0.2) is 9.37 Å². The highest BCUT2D eigenvalue weighted by molar-refractivity contribution is 5.91. The standard InChI is InChI=1S/C21H22FN3O3/c22-17-3-5-18(6-4-17)27-14-16-2-1-10-25(12-16)21(26)20-8-7-19(28-20)13-24-11-9-23-15-24/h3-9,11,15-16H,1-2,10,12-14H2. The number of ether oxygens (including phenoxy) is 1. The van der Waals surface area contributed by atoms with Crippen LogP contribution in [0.15, 0.2) is 59.5 Å². The number of hydrogen-bond donors (Lipinski definition) is 0. The second-order valence-corrected chi connectivity index (χ2v) is 7.03. The Bertz CT molecular complexity index is 905. The highest BCUT2D eigenvalue weighted by Crippen LogP contribution is 2.21. The number of nitrogens with zero attached hydrogens (tertiary/aromatic N) is 3. The van der Waals surface area contributed by atoms with E-state index >= 15 is 0 Å². The molecule has 1 aromatic carbocycles. The van der Waals surface area contributed by atoms with Crippen LogP contribution in [0, 0.1) is 11.7 Å². The van der Waals surface area contributed by atoms with E-state index in [0.29, 0.717) is 37.8 Å². The van der Waals surface area contributed by atoms with Gasteiger partial charge in [0.15, 0.2) is 5.76 Å². The number of imidazole rings is 1. The fourth-order valence-corrected chi connectivity index (χ4v) is 3.42. The highest BCUT2D eigenvalue weighted by atomic mass is 19.1. The van der Waals surface area contributed by atoms with Gasteiger partial charge in [0.25, 0.3) is 5.91 Å². The molecular weight excluding hydrogens is 361 g/mol. The number of furan rings is 1. The lowest BCUT2D eigenvalue weighted by molar-refractivity contribution is 0.0600. The van der Waals surface area contributed by atoms with E-state index in [2.05, 4.69) is 4.98 Å². The second-order valence-electron chi connectivity index (χ2n) is 7.03. The van der Waals surface area contributed by atoms with Crippen molar-refractivity contribution in [2.24, 2.45) is 5.92 Å². The number of rotatable bonds is 6. The van der Waals surface area contributed by atoms with Gasteiger partial charge in [0.1, 0.15) is 17.3 Å². The molecule has 6 nitrogen and oxygen atoms in total. The maximum Gasteiger partial charge on any atom is 0.289 e. The van der Waals surface area contributed by atoms with Gasteiger partial charge in [0.05, 0.1) is 19.5 Å². The maximum absolute atomic E-state index is 13.0. The average Bonchev–Trinajstić information content (AvgIpc) is 3.40. The zero-order valence-corrected chi connectivity index (χ0v) is 15.5. The fraction of sp³-hybridized carbons (Fsp3) is 0.333. The van der Waals surface area contributed by atoms with Crippen molar-refractivity contribution in [2.45, 2.75) is 19.4 Å². The molecule has 1 fully saturated rings. The lowest BCUT2D eigenvalue weighted by atomic mass is 9.99. The third kappa shape index (κ3) is 4.42. The topological polar surface area (TPSA) is 60.5 Å². The first-order valence-corrected chi connectivity index (χ1v) is 9.39. The number of halogens is 1. The SMILES string of the molecule is O=C(c1ccc(Cn2ccnc2)o1)N1CCCC(COc2ccc(F)cc2)C1. The molecule has 28 heavy (non-hydrogen) atoms. The molecule has 1 saturated heterocycles. The number of carbonyl (C=O) groups excluding carboxylic acids is 1. The summed E-state index contributed by atoms with van der Waals surface area (Å²) < 4.78 is 26.4. The van der Waals surface area contributed by atoms with Crippen LogP contribution >= 0.6 is 0 Å². The second kappa shape index (κ2) is 8.29.